The molecule has 3 N–H and O–H groups in total. The van der Waals surface area contributed by atoms with Gasteiger partial charge in [0.25, 0.3) is 0 Å². The first-order valence-electron chi connectivity index (χ1n) is 12.9. The van der Waals surface area contributed by atoms with Gasteiger partial charge in [0.1, 0.15) is 19.5 Å². The highest BCUT2D eigenvalue weighted by molar-refractivity contribution is 6.04. The van der Waals surface area contributed by atoms with E-state index < -0.39 is 23.5 Å². The lowest BCUT2D eigenvalue weighted by molar-refractivity contribution is -0.166. The van der Waals surface area contributed by atoms with E-state index in [1.807, 2.05) is 66.7 Å². The molecule has 0 atom stereocenters. The molecule has 40 heavy (non-hydrogen) atoms. The number of nitrogens with two attached hydrogens (primary N) is 1. The van der Waals surface area contributed by atoms with Crippen LogP contribution in [-0.4, -0.2) is 44.8 Å². The van der Waals surface area contributed by atoms with Gasteiger partial charge in [-0.1, -0.05) is 91.0 Å². The highest BCUT2D eigenvalue weighted by Gasteiger charge is 2.45. The predicted octanol–water partition coefficient (Wildman–Crippen LogP) is 3.86. The average molecular weight is 542 g/mol. The molecule has 0 bridgehead atoms. The summed E-state index contributed by atoms with van der Waals surface area (Å²) in [6, 6.07) is 27.1. The number of hydrogen-bond donors (Lipinski definition) is 2. The number of rotatable bonds is 12. The van der Waals surface area contributed by atoms with Crippen molar-refractivity contribution in [2.75, 3.05) is 6.54 Å². The van der Waals surface area contributed by atoms with E-state index in [1.165, 1.54) is 6.33 Å². The number of nitrogens with one attached hydrogen (secondary N) is 1. The maximum Gasteiger partial charge on any atom is 0.343 e. The van der Waals surface area contributed by atoms with Crippen molar-refractivity contribution in [1.29, 1.82) is 0 Å². The van der Waals surface area contributed by atoms with Crippen LogP contribution in [-0.2, 0) is 32.3 Å². The summed E-state index contributed by atoms with van der Waals surface area (Å²) in [5, 5.41) is 6.96. The van der Waals surface area contributed by atoms with Crippen LogP contribution in [0.15, 0.2) is 97.3 Å². The number of benzene rings is 3. The summed E-state index contributed by atoms with van der Waals surface area (Å²) in [7, 11) is 0. The molecule has 0 unspecified atom stereocenters. The van der Waals surface area contributed by atoms with E-state index in [4.69, 9.17) is 15.2 Å². The lowest BCUT2D eigenvalue weighted by atomic mass is 9.93. The van der Waals surface area contributed by atoms with Crippen LogP contribution in [0.25, 0.3) is 11.4 Å². The quantitative estimate of drug-likeness (QED) is 0.157. The molecule has 3 aromatic carbocycles. The molecule has 0 aliphatic heterocycles. The molecule has 0 aliphatic carbocycles. The molecule has 4 aromatic rings. The van der Waals surface area contributed by atoms with Crippen LogP contribution < -0.4 is 11.1 Å². The maximum absolute atomic E-state index is 13.0. The Hall–Kier alpha value is -4.83. The van der Waals surface area contributed by atoms with E-state index in [0.717, 1.165) is 21.4 Å². The summed E-state index contributed by atoms with van der Waals surface area (Å²) < 4.78 is 11.9. The SMILES string of the molecule is NC(CCCCNC(=O)n1cnc(-c2ccccc2)n1)(C(=O)OCc1ccccc1)C(=O)OCc1ccccc1. The minimum absolute atomic E-state index is 0.0222. The van der Waals surface area contributed by atoms with Crippen LogP contribution in [0.2, 0.25) is 0 Å². The average Bonchev–Trinajstić information content (AvgIpc) is 3.50. The molecular weight excluding hydrogens is 510 g/mol. The van der Waals surface area contributed by atoms with E-state index in [2.05, 4.69) is 15.4 Å². The van der Waals surface area contributed by atoms with Crippen LogP contribution in [0.1, 0.15) is 30.4 Å². The monoisotopic (exact) mass is 541 g/mol. The Kier molecular flexibility index (Phi) is 9.73. The van der Waals surface area contributed by atoms with Crippen molar-refractivity contribution in [1.82, 2.24) is 20.1 Å². The van der Waals surface area contributed by atoms with Crippen molar-refractivity contribution in [3.05, 3.63) is 108 Å². The van der Waals surface area contributed by atoms with Gasteiger partial charge in [0.15, 0.2) is 5.82 Å². The van der Waals surface area contributed by atoms with Gasteiger partial charge < -0.3 is 20.5 Å². The molecule has 1 aromatic heterocycles. The highest BCUT2D eigenvalue weighted by atomic mass is 16.6. The van der Waals surface area contributed by atoms with Gasteiger partial charge in [-0.15, -0.1) is 5.10 Å². The smallest absolute Gasteiger partial charge is 0.343 e. The number of carbonyl (C=O) groups is 3. The van der Waals surface area contributed by atoms with Crippen LogP contribution in [0.3, 0.4) is 0 Å². The predicted molar refractivity (Wildman–Crippen MR) is 148 cm³/mol. The van der Waals surface area contributed by atoms with Crippen molar-refractivity contribution in [3.8, 4) is 11.4 Å². The largest absolute Gasteiger partial charge is 0.459 e. The number of carbonyl (C=O) groups excluding carboxylic acids is 3. The molecule has 0 saturated carbocycles. The van der Waals surface area contributed by atoms with Crippen LogP contribution >= 0.6 is 0 Å². The van der Waals surface area contributed by atoms with E-state index in [0.29, 0.717) is 18.7 Å². The summed E-state index contributed by atoms with van der Waals surface area (Å²) in [5.41, 5.74) is 6.68. The third-order valence-corrected chi connectivity index (χ3v) is 6.16. The number of amides is 1. The van der Waals surface area contributed by atoms with Crippen molar-refractivity contribution in [2.24, 2.45) is 5.73 Å². The van der Waals surface area contributed by atoms with Gasteiger partial charge in [-0.05, 0) is 30.4 Å². The zero-order chi connectivity index (χ0) is 28.2. The molecule has 0 saturated heterocycles. The van der Waals surface area contributed by atoms with E-state index in [-0.39, 0.29) is 26.2 Å². The number of aromatic nitrogens is 3. The second-order valence-electron chi connectivity index (χ2n) is 9.16. The molecule has 0 aliphatic rings. The van der Waals surface area contributed by atoms with Gasteiger partial charge in [-0.2, -0.15) is 4.68 Å². The molecule has 0 fully saturated rings. The number of hydrogen-bond acceptors (Lipinski definition) is 8. The van der Waals surface area contributed by atoms with Crippen molar-refractivity contribution >= 4 is 18.0 Å². The van der Waals surface area contributed by atoms with Gasteiger partial charge in [-0.3, -0.25) is 0 Å². The van der Waals surface area contributed by atoms with E-state index in [9.17, 15) is 14.4 Å². The minimum Gasteiger partial charge on any atom is -0.459 e. The molecule has 10 nitrogen and oxygen atoms in total. The second-order valence-corrected chi connectivity index (χ2v) is 9.16. The number of esters is 2. The number of unbranched alkanes of at least 4 members (excludes halogenated alkanes) is 1. The fourth-order valence-corrected chi connectivity index (χ4v) is 3.88. The molecule has 0 spiro atoms. The Bertz CT molecular complexity index is 1340. The molecule has 1 heterocycles. The third-order valence-electron chi connectivity index (χ3n) is 6.16. The summed E-state index contributed by atoms with van der Waals surface area (Å²) in [5.74, 6) is -1.30. The molecule has 0 radical (unpaired) electrons. The lowest BCUT2D eigenvalue weighted by Crippen LogP contribution is -2.56. The first kappa shape index (κ1) is 28.2. The van der Waals surface area contributed by atoms with E-state index in [1.54, 1.807) is 24.3 Å². The summed E-state index contributed by atoms with van der Waals surface area (Å²) in [6.45, 7) is 0.223. The van der Waals surface area contributed by atoms with Crippen molar-refractivity contribution in [3.63, 3.8) is 0 Å². The zero-order valence-electron chi connectivity index (χ0n) is 21.9. The van der Waals surface area contributed by atoms with Crippen LogP contribution in [0, 0.1) is 0 Å². The molecular formula is C30H31N5O5. The highest BCUT2D eigenvalue weighted by Crippen LogP contribution is 2.19. The van der Waals surface area contributed by atoms with Gasteiger partial charge in [-0.25, -0.2) is 19.4 Å². The summed E-state index contributed by atoms with van der Waals surface area (Å²) in [4.78, 5) is 42.7. The molecule has 4 rings (SSSR count). The van der Waals surface area contributed by atoms with Crippen LogP contribution in [0.5, 0.6) is 0 Å². The number of ether oxygens (including phenoxy) is 2. The standard InChI is InChI=1S/C30H31N5O5/c31-30(27(36)39-20-23-12-4-1-5-13-23,28(37)40-21-24-14-6-2-7-15-24)18-10-11-19-32-29(38)35-22-33-26(34-35)25-16-8-3-9-17-25/h1-9,12-17,22H,10-11,18-21,31H2,(H,32,38). The van der Waals surface area contributed by atoms with Gasteiger partial charge >= 0.3 is 18.0 Å². The normalized spacial score (nSPS) is 11.0. The Labute approximate surface area is 232 Å². The third kappa shape index (κ3) is 7.61. The molecule has 206 valence electrons. The molecule has 1 amide bonds. The van der Waals surface area contributed by atoms with E-state index >= 15 is 0 Å². The first-order chi connectivity index (χ1) is 19.5. The fourth-order valence-electron chi connectivity index (χ4n) is 3.88. The fraction of sp³-hybridized carbons (Fsp3) is 0.233. The van der Waals surface area contributed by atoms with Gasteiger partial charge in [0.05, 0.1) is 0 Å². The Morgan fingerprint density at radius 3 is 1.85 bits per heavy atom. The Morgan fingerprint density at radius 1 is 0.775 bits per heavy atom. The second kappa shape index (κ2) is 13.8. The van der Waals surface area contributed by atoms with Gasteiger partial charge in [0, 0.05) is 12.1 Å². The zero-order valence-corrected chi connectivity index (χ0v) is 21.9. The Morgan fingerprint density at radius 2 is 1.30 bits per heavy atom. The van der Waals surface area contributed by atoms with Crippen LogP contribution in [0.4, 0.5) is 4.79 Å². The summed E-state index contributed by atoms with van der Waals surface area (Å²) >= 11 is 0. The minimum atomic E-state index is -2.00. The summed E-state index contributed by atoms with van der Waals surface area (Å²) in [6.07, 6.45) is 2.12. The van der Waals surface area contributed by atoms with Crippen molar-refractivity contribution in [2.45, 2.75) is 38.0 Å². The first-order valence-corrected chi connectivity index (χ1v) is 12.9. The lowest BCUT2D eigenvalue weighted by Gasteiger charge is -2.25. The molecule has 10 heteroatoms. The maximum atomic E-state index is 13.0. The van der Waals surface area contributed by atoms with Crippen molar-refractivity contribution < 1.29 is 23.9 Å². The number of nitrogens with zero attached hydrogens (tertiary/aromatic N) is 3. The topological polar surface area (TPSA) is 138 Å². The Balaban J connectivity index is 1.30. The van der Waals surface area contributed by atoms with Gasteiger partial charge in [0.2, 0.25) is 5.54 Å².